The minimum atomic E-state index is -1.22. The molecule has 2 aromatic rings. The van der Waals surface area contributed by atoms with Crippen molar-refractivity contribution < 1.29 is 14.3 Å². The SMILES string of the molecule is Cn1cc(C(C)(O)CNC(=O)C(C)(C)c2ccc(F)cc2)cn1. The molecule has 0 fully saturated rings. The van der Waals surface area contributed by atoms with Crippen LogP contribution in [-0.2, 0) is 22.9 Å². The summed E-state index contributed by atoms with van der Waals surface area (Å²) in [5.41, 5.74) is -0.723. The monoisotopic (exact) mass is 319 g/mol. The van der Waals surface area contributed by atoms with Crippen LogP contribution in [-0.4, -0.2) is 27.3 Å². The van der Waals surface area contributed by atoms with E-state index < -0.39 is 11.0 Å². The number of aliphatic hydroxyl groups is 1. The summed E-state index contributed by atoms with van der Waals surface area (Å²) in [6.07, 6.45) is 3.27. The molecule has 0 aliphatic rings. The minimum Gasteiger partial charge on any atom is -0.383 e. The molecule has 0 saturated carbocycles. The number of benzene rings is 1. The number of nitrogens with one attached hydrogen (secondary N) is 1. The summed E-state index contributed by atoms with van der Waals surface area (Å²) in [5, 5.41) is 17.3. The number of aromatic nitrogens is 2. The molecule has 1 aromatic heterocycles. The van der Waals surface area contributed by atoms with Crippen molar-refractivity contribution >= 4 is 5.91 Å². The van der Waals surface area contributed by atoms with Gasteiger partial charge < -0.3 is 10.4 Å². The van der Waals surface area contributed by atoms with Crippen molar-refractivity contribution in [3.8, 4) is 0 Å². The van der Waals surface area contributed by atoms with E-state index >= 15 is 0 Å². The highest BCUT2D eigenvalue weighted by atomic mass is 19.1. The van der Waals surface area contributed by atoms with Gasteiger partial charge in [-0.2, -0.15) is 5.10 Å². The standard InChI is InChI=1S/C17H22FN3O2/c1-16(2,12-5-7-14(18)8-6-12)15(22)19-11-17(3,23)13-9-20-21(4)10-13/h5-10,23H,11H2,1-4H3,(H,19,22). The van der Waals surface area contributed by atoms with Crippen molar-refractivity contribution in [3.05, 3.63) is 53.6 Å². The average molecular weight is 319 g/mol. The zero-order valence-corrected chi connectivity index (χ0v) is 13.8. The van der Waals surface area contributed by atoms with E-state index in [1.165, 1.54) is 12.1 Å². The number of amides is 1. The number of hydrogen-bond donors (Lipinski definition) is 2. The third-order valence-corrected chi connectivity index (χ3v) is 4.05. The maximum absolute atomic E-state index is 13.0. The molecule has 2 rings (SSSR count). The van der Waals surface area contributed by atoms with Gasteiger partial charge in [-0.05, 0) is 38.5 Å². The quantitative estimate of drug-likeness (QED) is 0.884. The number of nitrogens with zero attached hydrogens (tertiary/aromatic N) is 2. The molecule has 0 bridgehead atoms. The van der Waals surface area contributed by atoms with E-state index in [1.807, 2.05) is 0 Å². The third-order valence-electron chi connectivity index (χ3n) is 4.05. The third kappa shape index (κ3) is 3.76. The van der Waals surface area contributed by atoms with E-state index in [2.05, 4.69) is 10.4 Å². The van der Waals surface area contributed by atoms with Crippen molar-refractivity contribution in [1.82, 2.24) is 15.1 Å². The zero-order valence-electron chi connectivity index (χ0n) is 13.8. The molecule has 0 aliphatic heterocycles. The molecule has 0 radical (unpaired) electrons. The van der Waals surface area contributed by atoms with Crippen LogP contribution in [0, 0.1) is 5.82 Å². The maximum Gasteiger partial charge on any atom is 0.230 e. The summed E-state index contributed by atoms with van der Waals surface area (Å²) in [7, 11) is 1.76. The molecule has 0 saturated heterocycles. The lowest BCUT2D eigenvalue weighted by molar-refractivity contribution is -0.126. The first-order chi connectivity index (χ1) is 10.6. The van der Waals surface area contributed by atoms with Gasteiger partial charge >= 0.3 is 0 Å². The first-order valence-corrected chi connectivity index (χ1v) is 7.39. The van der Waals surface area contributed by atoms with Crippen LogP contribution in [0.3, 0.4) is 0 Å². The van der Waals surface area contributed by atoms with Crippen LogP contribution in [0.4, 0.5) is 4.39 Å². The minimum absolute atomic E-state index is 0.0577. The summed E-state index contributed by atoms with van der Waals surface area (Å²) in [5.74, 6) is -0.585. The maximum atomic E-state index is 13.0. The van der Waals surface area contributed by atoms with Gasteiger partial charge in [0.25, 0.3) is 0 Å². The van der Waals surface area contributed by atoms with Crippen molar-refractivity contribution in [3.63, 3.8) is 0 Å². The molecule has 6 heteroatoms. The highest BCUT2D eigenvalue weighted by Gasteiger charge is 2.32. The predicted octanol–water partition coefficient (Wildman–Crippen LogP) is 1.86. The van der Waals surface area contributed by atoms with Crippen LogP contribution in [0.25, 0.3) is 0 Å². The second-order valence-corrected chi connectivity index (χ2v) is 6.49. The topological polar surface area (TPSA) is 67.2 Å². The van der Waals surface area contributed by atoms with E-state index in [1.54, 1.807) is 57.0 Å². The Morgan fingerprint density at radius 1 is 1.26 bits per heavy atom. The molecule has 0 spiro atoms. The Bertz CT molecular complexity index is 690. The Labute approximate surface area is 135 Å². The predicted molar refractivity (Wildman–Crippen MR) is 85.2 cm³/mol. The summed E-state index contributed by atoms with van der Waals surface area (Å²) < 4.78 is 14.6. The molecule has 1 aromatic carbocycles. The Kier molecular flexibility index (Phi) is 4.56. The fraction of sp³-hybridized carbons (Fsp3) is 0.412. The van der Waals surface area contributed by atoms with Gasteiger partial charge in [0.05, 0.1) is 18.2 Å². The molecule has 124 valence electrons. The van der Waals surface area contributed by atoms with Crippen molar-refractivity contribution in [1.29, 1.82) is 0 Å². The number of hydrogen-bond acceptors (Lipinski definition) is 3. The van der Waals surface area contributed by atoms with E-state index in [4.69, 9.17) is 0 Å². The zero-order chi connectivity index (χ0) is 17.3. The van der Waals surface area contributed by atoms with Gasteiger partial charge in [-0.15, -0.1) is 0 Å². The molecule has 1 unspecified atom stereocenters. The fourth-order valence-corrected chi connectivity index (χ4v) is 2.27. The summed E-state index contributed by atoms with van der Waals surface area (Å²) in [4.78, 5) is 12.5. The molecular weight excluding hydrogens is 297 g/mol. The largest absolute Gasteiger partial charge is 0.383 e. The Morgan fingerprint density at radius 3 is 2.39 bits per heavy atom. The smallest absolute Gasteiger partial charge is 0.230 e. The Hall–Kier alpha value is -2.21. The summed E-state index contributed by atoms with van der Waals surface area (Å²) in [6.45, 7) is 5.19. The van der Waals surface area contributed by atoms with Gasteiger partial charge in [-0.3, -0.25) is 9.48 Å². The normalized spacial score (nSPS) is 14.3. The van der Waals surface area contributed by atoms with Crippen molar-refractivity contribution in [2.45, 2.75) is 31.8 Å². The molecule has 0 aliphatic carbocycles. The second kappa shape index (κ2) is 6.12. The number of aryl methyl sites for hydroxylation is 1. The molecular formula is C17H22FN3O2. The molecule has 23 heavy (non-hydrogen) atoms. The first-order valence-electron chi connectivity index (χ1n) is 7.39. The van der Waals surface area contributed by atoms with E-state index in [-0.39, 0.29) is 18.3 Å². The van der Waals surface area contributed by atoms with Crippen LogP contribution in [0.15, 0.2) is 36.7 Å². The van der Waals surface area contributed by atoms with Gasteiger partial charge in [-0.25, -0.2) is 4.39 Å². The van der Waals surface area contributed by atoms with Crippen LogP contribution in [0.5, 0.6) is 0 Å². The molecule has 1 atom stereocenters. The number of halogens is 1. The Morgan fingerprint density at radius 2 is 1.87 bits per heavy atom. The van der Waals surface area contributed by atoms with Gasteiger partial charge in [-0.1, -0.05) is 12.1 Å². The molecule has 5 nitrogen and oxygen atoms in total. The number of rotatable bonds is 5. The highest BCUT2D eigenvalue weighted by Crippen LogP contribution is 2.25. The number of carbonyl (C=O) groups is 1. The van der Waals surface area contributed by atoms with Gasteiger partial charge in [0.15, 0.2) is 0 Å². The molecule has 1 amide bonds. The second-order valence-electron chi connectivity index (χ2n) is 6.49. The lowest BCUT2D eigenvalue weighted by Gasteiger charge is -2.28. The van der Waals surface area contributed by atoms with Crippen LogP contribution >= 0.6 is 0 Å². The van der Waals surface area contributed by atoms with Crippen LogP contribution < -0.4 is 5.32 Å². The molecule has 2 N–H and O–H groups in total. The number of carbonyl (C=O) groups excluding carboxylic acids is 1. The highest BCUT2D eigenvalue weighted by molar-refractivity contribution is 5.87. The molecule has 1 heterocycles. The fourth-order valence-electron chi connectivity index (χ4n) is 2.27. The lowest BCUT2D eigenvalue weighted by Crippen LogP contribution is -2.45. The van der Waals surface area contributed by atoms with Crippen molar-refractivity contribution in [2.24, 2.45) is 7.05 Å². The average Bonchev–Trinajstić information content (AvgIpc) is 2.92. The van der Waals surface area contributed by atoms with Crippen LogP contribution in [0.1, 0.15) is 31.9 Å². The van der Waals surface area contributed by atoms with Gasteiger partial charge in [0.2, 0.25) is 5.91 Å². The first kappa shape index (κ1) is 17.1. The van der Waals surface area contributed by atoms with E-state index in [9.17, 15) is 14.3 Å². The van der Waals surface area contributed by atoms with E-state index in [0.29, 0.717) is 11.1 Å². The Balaban J connectivity index is 2.07. The summed E-state index contributed by atoms with van der Waals surface area (Å²) >= 11 is 0. The van der Waals surface area contributed by atoms with Crippen LogP contribution in [0.2, 0.25) is 0 Å². The van der Waals surface area contributed by atoms with Gasteiger partial charge in [0, 0.05) is 18.8 Å². The van der Waals surface area contributed by atoms with Gasteiger partial charge in [0.1, 0.15) is 11.4 Å². The van der Waals surface area contributed by atoms with Crippen molar-refractivity contribution in [2.75, 3.05) is 6.54 Å². The summed E-state index contributed by atoms with van der Waals surface area (Å²) in [6, 6.07) is 5.84. The lowest BCUT2D eigenvalue weighted by atomic mass is 9.83. The van der Waals surface area contributed by atoms with E-state index in [0.717, 1.165) is 0 Å².